The first-order valence-electron chi connectivity index (χ1n) is 6.35. The van der Waals surface area contributed by atoms with Crippen molar-refractivity contribution in [1.82, 2.24) is 9.55 Å². The minimum atomic E-state index is -4.32. The number of fused-ring (bicyclic) bond motifs is 1. The fourth-order valence-electron chi connectivity index (χ4n) is 2.39. The number of rotatable bonds is 1. The molecule has 0 amide bonds. The van der Waals surface area contributed by atoms with Crippen LogP contribution in [0.2, 0.25) is 0 Å². The molecule has 1 aliphatic rings. The molecule has 1 aromatic carbocycles. The molecule has 106 valence electrons. The Morgan fingerprint density at radius 3 is 2.55 bits per heavy atom. The highest BCUT2D eigenvalue weighted by Gasteiger charge is 2.30. The van der Waals surface area contributed by atoms with E-state index in [0.29, 0.717) is 30.6 Å². The largest absolute Gasteiger partial charge is 0.416 e. The first-order valence-corrected chi connectivity index (χ1v) is 6.35. The van der Waals surface area contributed by atoms with E-state index in [9.17, 15) is 18.3 Å². The summed E-state index contributed by atoms with van der Waals surface area (Å²) < 4.78 is 39.4. The summed E-state index contributed by atoms with van der Waals surface area (Å²) in [6, 6.07) is 4.96. The number of aliphatic hydroxyl groups is 1. The first-order chi connectivity index (χ1) is 9.43. The molecule has 1 N–H and O–H groups in total. The first kappa shape index (κ1) is 13.2. The van der Waals surface area contributed by atoms with E-state index in [1.165, 1.54) is 12.1 Å². The average molecular weight is 282 g/mol. The van der Waals surface area contributed by atoms with Crippen LogP contribution in [0.1, 0.15) is 17.8 Å². The molecule has 20 heavy (non-hydrogen) atoms. The van der Waals surface area contributed by atoms with Crippen LogP contribution in [0.5, 0.6) is 0 Å². The van der Waals surface area contributed by atoms with E-state index in [0.717, 1.165) is 18.0 Å². The number of aryl methyl sites for hydroxylation is 1. The number of imidazole rings is 1. The zero-order chi connectivity index (χ0) is 14.3. The molecular formula is C14H13F3N2O. The van der Waals surface area contributed by atoms with Gasteiger partial charge in [-0.2, -0.15) is 13.2 Å². The quantitative estimate of drug-likeness (QED) is 0.873. The summed E-state index contributed by atoms with van der Waals surface area (Å²) >= 11 is 0. The van der Waals surface area contributed by atoms with E-state index in [1.807, 2.05) is 4.57 Å². The minimum absolute atomic E-state index is 0.378. The van der Waals surface area contributed by atoms with Crippen LogP contribution in [-0.2, 0) is 19.1 Å². The predicted octanol–water partition coefficient (Wildman–Crippen LogP) is 2.88. The van der Waals surface area contributed by atoms with Gasteiger partial charge in [-0.05, 0) is 18.6 Å². The molecule has 3 rings (SSSR count). The molecule has 1 unspecified atom stereocenters. The van der Waals surface area contributed by atoms with E-state index in [4.69, 9.17) is 0 Å². The number of aromatic nitrogens is 2. The van der Waals surface area contributed by atoms with Crippen LogP contribution in [0.4, 0.5) is 13.2 Å². The molecule has 0 bridgehead atoms. The summed E-state index contributed by atoms with van der Waals surface area (Å²) in [6.07, 6.45) is -1.57. The van der Waals surface area contributed by atoms with Gasteiger partial charge in [-0.3, -0.25) is 0 Å². The van der Waals surface area contributed by atoms with Gasteiger partial charge in [-0.15, -0.1) is 0 Å². The van der Waals surface area contributed by atoms with Crippen molar-refractivity contribution in [3.63, 3.8) is 0 Å². The van der Waals surface area contributed by atoms with E-state index in [-0.39, 0.29) is 6.10 Å². The Balaban J connectivity index is 1.90. The number of alkyl halides is 3. The number of benzene rings is 1. The smallest absolute Gasteiger partial charge is 0.391 e. The van der Waals surface area contributed by atoms with Gasteiger partial charge in [-0.1, -0.05) is 12.1 Å². The topological polar surface area (TPSA) is 38.1 Å². The molecule has 0 saturated heterocycles. The molecule has 2 aromatic rings. The zero-order valence-corrected chi connectivity index (χ0v) is 10.6. The third-order valence-corrected chi connectivity index (χ3v) is 3.48. The van der Waals surface area contributed by atoms with Gasteiger partial charge < -0.3 is 9.67 Å². The lowest BCUT2D eigenvalue weighted by Gasteiger charge is -2.18. The number of aliphatic hydroxyl groups excluding tert-OH is 1. The van der Waals surface area contributed by atoms with E-state index >= 15 is 0 Å². The molecule has 0 aliphatic carbocycles. The van der Waals surface area contributed by atoms with Gasteiger partial charge in [-0.25, -0.2) is 4.98 Å². The monoisotopic (exact) mass is 282 g/mol. The van der Waals surface area contributed by atoms with Crippen molar-refractivity contribution in [2.45, 2.75) is 31.7 Å². The minimum Gasteiger partial charge on any atom is -0.391 e. The van der Waals surface area contributed by atoms with Gasteiger partial charge in [0, 0.05) is 24.7 Å². The fraction of sp³-hybridized carbons (Fsp3) is 0.357. The molecule has 1 atom stereocenters. The van der Waals surface area contributed by atoms with E-state index in [1.54, 1.807) is 6.20 Å². The molecule has 1 aliphatic heterocycles. The second-order valence-corrected chi connectivity index (χ2v) is 4.96. The highest BCUT2D eigenvalue weighted by atomic mass is 19.4. The Labute approximate surface area is 113 Å². The third-order valence-electron chi connectivity index (χ3n) is 3.48. The molecule has 0 saturated carbocycles. The third kappa shape index (κ3) is 2.43. The number of halogens is 3. The number of nitrogens with zero attached hydrogens (tertiary/aromatic N) is 2. The van der Waals surface area contributed by atoms with Crippen molar-refractivity contribution in [1.29, 1.82) is 0 Å². The average Bonchev–Trinajstić information content (AvgIpc) is 2.80. The van der Waals surface area contributed by atoms with Gasteiger partial charge >= 0.3 is 6.18 Å². The van der Waals surface area contributed by atoms with Crippen molar-refractivity contribution in [2.75, 3.05) is 0 Å². The van der Waals surface area contributed by atoms with Gasteiger partial charge in [0.2, 0.25) is 0 Å². The summed E-state index contributed by atoms with van der Waals surface area (Å²) in [7, 11) is 0. The van der Waals surface area contributed by atoms with Gasteiger partial charge in [0.05, 0.1) is 17.4 Å². The maximum atomic E-state index is 12.5. The Kier molecular flexibility index (Phi) is 3.05. The van der Waals surface area contributed by atoms with Gasteiger partial charge in [0.25, 0.3) is 0 Å². The van der Waals surface area contributed by atoms with Crippen molar-refractivity contribution in [3.05, 3.63) is 41.9 Å². The number of hydrogen-bond donors (Lipinski definition) is 1. The highest BCUT2D eigenvalue weighted by Crippen LogP contribution is 2.31. The van der Waals surface area contributed by atoms with Crippen molar-refractivity contribution in [2.24, 2.45) is 0 Å². The predicted molar refractivity (Wildman–Crippen MR) is 67.0 cm³/mol. The van der Waals surface area contributed by atoms with Crippen LogP contribution in [0.15, 0.2) is 30.5 Å². The fourth-order valence-corrected chi connectivity index (χ4v) is 2.39. The van der Waals surface area contributed by atoms with Crippen LogP contribution in [0.3, 0.4) is 0 Å². The summed E-state index contributed by atoms with van der Waals surface area (Å²) in [5.74, 6) is 0.866. The molecule has 0 radical (unpaired) electrons. The molecule has 2 heterocycles. The molecule has 0 fully saturated rings. The van der Waals surface area contributed by atoms with E-state index < -0.39 is 11.7 Å². The van der Waals surface area contributed by atoms with Gasteiger partial charge in [0.15, 0.2) is 0 Å². The maximum absolute atomic E-state index is 12.5. The summed E-state index contributed by atoms with van der Waals surface area (Å²) in [5.41, 5.74) is 0.623. The molecule has 3 nitrogen and oxygen atoms in total. The van der Waals surface area contributed by atoms with Crippen LogP contribution < -0.4 is 0 Å². The normalized spacial score (nSPS) is 18.9. The van der Waals surface area contributed by atoms with Gasteiger partial charge in [0.1, 0.15) is 5.82 Å². The van der Waals surface area contributed by atoms with Crippen molar-refractivity contribution in [3.8, 4) is 11.3 Å². The van der Waals surface area contributed by atoms with Crippen LogP contribution >= 0.6 is 0 Å². The van der Waals surface area contributed by atoms with Crippen LogP contribution in [0, 0.1) is 0 Å². The molecule has 1 aromatic heterocycles. The van der Waals surface area contributed by atoms with E-state index in [2.05, 4.69) is 4.98 Å². The molecule has 6 heteroatoms. The molecule has 0 spiro atoms. The lowest BCUT2D eigenvalue weighted by atomic mass is 10.1. The second-order valence-electron chi connectivity index (χ2n) is 4.96. The maximum Gasteiger partial charge on any atom is 0.416 e. The van der Waals surface area contributed by atoms with Crippen molar-refractivity contribution < 1.29 is 18.3 Å². The lowest BCUT2D eigenvalue weighted by molar-refractivity contribution is -0.137. The summed E-state index contributed by atoms with van der Waals surface area (Å²) in [4.78, 5) is 4.42. The Bertz CT molecular complexity index is 616. The Morgan fingerprint density at radius 2 is 1.90 bits per heavy atom. The Hall–Kier alpha value is -1.82. The standard InChI is InChI=1S/C14H13F3N2O/c15-14(16,17)10-3-1-9(2-4-10)12-8-19-7-11(20)5-6-13(19)18-12/h1-4,8,11,20H,5-7H2. The zero-order valence-electron chi connectivity index (χ0n) is 10.6. The van der Waals surface area contributed by atoms with Crippen molar-refractivity contribution >= 4 is 0 Å². The lowest BCUT2D eigenvalue weighted by Crippen LogP contribution is -2.23. The highest BCUT2D eigenvalue weighted by molar-refractivity contribution is 5.59. The Morgan fingerprint density at radius 1 is 1.20 bits per heavy atom. The summed E-state index contributed by atoms with van der Waals surface area (Å²) in [6.45, 7) is 0.489. The van der Waals surface area contributed by atoms with Crippen LogP contribution in [0.25, 0.3) is 11.3 Å². The van der Waals surface area contributed by atoms with Crippen LogP contribution in [-0.4, -0.2) is 20.8 Å². The summed E-state index contributed by atoms with van der Waals surface area (Å²) in [5, 5.41) is 9.59. The second kappa shape index (κ2) is 4.63. The molecular weight excluding hydrogens is 269 g/mol. The number of hydrogen-bond acceptors (Lipinski definition) is 2. The SMILES string of the molecule is OC1CCc2nc(-c3ccc(C(F)(F)F)cc3)cn2C1.